The number of Topliss-reactive ketones (excluding diaryl/α,β-unsaturated/α-hetero) is 1. The van der Waals surface area contributed by atoms with Crippen LogP contribution in [-0.4, -0.2) is 64.4 Å². The van der Waals surface area contributed by atoms with E-state index in [0.717, 1.165) is 70.1 Å². The van der Waals surface area contributed by atoms with Gasteiger partial charge >= 0.3 is 5.97 Å². The molecule has 2 heterocycles. The number of carbonyl (C=O) groups is 2. The van der Waals surface area contributed by atoms with Crippen molar-refractivity contribution in [1.29, 1.82) is 0 Å². The molecule has 5 heteroatoms. The van der Waals surface area contributed by atoms with Gasteiger partial charge in [-0.3, -0.25) is 19.4 Å². The molecule has 2 saturated heterocycles. The Balaban J connectivity index is 1.27. The second-order valence-electron chi connectivity index (χ2n) is 11.9. The van der Waals surface area contributed by atoms with Gasteiger partial charge in [0.05, 0.1) is 0 Å². The van der Waals surface area contributed by atoms with Gasteiger partial charge in [-0.25, -0.2) is 0 Å². The maximum atomic E-state index is 12.6. The summed E-state index contributed by atoms with van der Waals surface area (Å²) in [5.41, 5.74) is 2.15. The zero-order chi connectivity index (χ0) is 26.5. The van der Waals surface area contributed by atoms with Crippen LogP contribution in [0.2, 0.25) is 0 Å². The average molecular weight is 517 g/mol. The van der Waals surface area contributed by atoms with Gasteiger partial charge in [-0.2, -0.15) is 0 Å². The SMILES string of the molecule is CC1C(N2CCC(CCC(=O)c3ccccc3)CC2)C(c2ccccc2)CN1[C@@H](C(=O)O)C1CCCCC1. The molecule has 3 aliphatic rings. The Bertz CT molecular complexity index is 1040. The molecule has 0 spiro atoms. The molecule has 0 radical (unpaired) electrons. The second kappa shape index (κ2) is 12.6. The van der Waals surface area contributed by atoms with E-state index in [1.807, 2.05) is 30.3 Å². The van der Waals surface area contributed by atoms with E-state index >= 15 is 0 Å². The third-order valence-corrected chi connectivity index (χ3v) is 9.72. The summed E-state index contributed by atoms with van der Waals surface area (Å²) in [6.45, 7) is 5.14. The molecule has 204 valence electrons. The van der Waals surface area contributed by atoms with Crippen LogP contribution in [0.5, 0.6) is 0 Å². The number of rotatable bonds is 9. The van der Waals surface area contributed by atoms with Crippen LogP contribution in [-0.2, 0) is 4.79 Å². The highest BCUT2D eigenvalue weighted by Gasteiger charge is 2.49. The number of aliphatic carboxylic acids is 1. The molecule has 2 aliphatic heterocycles. The minimum atomic E-state index is -0.641. The van der Waals surface area contributed by atoms with Crippen molar-refractivity contribution in [1.82, 2.24) is 9.80 Å². The quantitative estimate of drug-likeness (QED) is 0.399. The molecule has 1 N–H and O–H groups in total. The van der Waals surface area contributed by atoms with E-state index in [2.05, 4.69) is 47.1 Å². The van der Waals surface area contributed by atoms with Gasteiger partial charge in [-0.1, -0.05) is 79.9 Å². The predicted octanol–water partition coefficient (Wildman–Crippen LogP) is 6.25. The first kappa shape index (κ1) is 27.1. The van der Waals surface area contributed by atoms with Gasteiger partial charge in [-0.15, -0.1) is 0 Å². The third-order valence-electron chi connectivity index (χ3n) is 9.72. The minimum absolute atomic E-state index is 0.194. The van der Waals surface area contributed by atoms with E-state index in [-0.39, 0.29) is 23.8 Å². The lowest BCUT2D eigenvalue weighted by atomic mass is 9.83. The molecule has 3 unspecified atom stereocenters. The standard InChI is InChI=1S/C33H44N2O3/c1-24-31(34-21-19-25(20-22-34)17-18-30(36)27-13-7-3-8-14-27)29(26-11-5-2-6-12-26)23-35(24)32(33(37)38)28-15-9-4-10-16-28/h2-3,5-8,11-14,24-25,28-29,31-32H,4,9-10,15-23H2,1H3,(H,37,38)/t24?,29?,31?,32-/m1/s1. The normalized spacial score (nSPS) is 26.8. The summed E-state index contributed by atoms with van der Waals surface area (Å²) in [7, 11) is 0. The molecule has 4 atom stereocenters. The van der Waals surface area contributed by atoms with Gasteiger partial charge in [0.1, 0.15) is 6.04 Å². The van der Waals surface area contributed by atoms with Crippen molar-refractivity contribution in [3.8, 4) is 0 Å². The second-order valence-corrected chi connectivity index (χ2v) is 11.9. The van der Waals surface area contributed by atoms with Crippen molar-refractivity contribution in [2.24, 2.45) is 11.8 Å². The summed E-state index contributed by atoms with van der Waals surface area (Å²) in [4.78, 5) is 30.3. The number of hydrogen-bond acceptors (Lipinski definition) is 4. The topological polar surface area (TPSA) is 60.9 Å². The fraction of sp³-hybridized carbons (Fsp3) is 0.576. The lowest BCUT2D eigenvalue weighted by molar-refractivity contribution is -0.146. The molecule has 1 saturated carbocycles. The molecular weight excluding hydrogens is 472 g/mol. The zero-order valence-electron chi connectivity index (χ0n) is 22.9. The van der Waals surface area contributed by atoms with Crippen LogP contribution in [0.1, 0.15) is 86.6 Å². The predicted molar refractivity (Wildman–Crippen MR) is 151 cm³/mol. The summed E-state index contributed by atoms with van der Waals surface area (Å²) in [6.07, 6.45) is 9.41. The van der Waals surface area contributed by atoms with Crippen LogP contribution in [0.3, 0.4) is 0 Å². The Hall–Kier alpha value is -2.50. The van der Waals surface area contributed by atoms with Crippen molar-refractivity contribution in [3.63, 3.8) is 0 Å². The van der Waals surface area contributed by atoms with Crippen molar-refractivity contribution in [2.45, 2.75) is 88.8 Å². The van der Waals surface area contributed by atoms with Gasteiger partial charge in [0.25, 0.3) is 0 Å². The van der Waals surface area contributed by atoms with Crippen molar-refractivity contribution in [3.05, 3.63) is 71.8 Å². The Labute approximate surface area is 228 Å². The summed E-state index contributed by atoms with van der Waals surface area (Å²) < 4.78 is 0. The molecule has 3 fully saturated rings. The van der Waals surface area contributed by atoms with Gasteiger partial charge in [0.2, 0.25) is 0 Å². The van der Waals surface area contributed by atoms with Gasteiger partial charge in [-0.05, 0) is 69.5 Å². The third kappa shape index (κ3) is 6.05. The van der Waals surface area contributed by atoms with Gasteiger partial charge in [0.15, 0.2) is 5.78 Å². The number of piperidine rings is 1. The Morgan fingerprint density at radius 2 is 1.53 bits per heavy atom. The van der Waals surface area contributed by atoms with E-state index < -0.39 is 5.97 Å². The Kier molecular flexibility index (Phi) is 8.96. The summed E-state index contributed by atoms with van der Waals surface area (Å²) in [5.74, 6) is 0.758. The molecule has 5 rings (SSSR count). The number of benzene rings is 2. The smallest absolute Gasteiger partial charge is 0.321 e. The molecular formula is C33H44N2O3. The zero-order valence-corrected chi connectivity index (χ0v) is 22.9. The first-order valence-electron chi connectivity index (χ1n) is 14.9. The lowest BCUT2D eigenvalue weighted by Gasteiger charge is -2.42. The summed E-state index contributed by atoms with van der Waals surface area (Å²) in [5, 5.41) is 10.4. The van der Waals surface area contributed by atoms with Crippen LogP contribution in [0, 0.1) is 11.8 Å². The monoisotopic (exact) mass is 516 g/mol. The number of hydrogen-bond donors (Lipinski definition) is 1. The van der Waals surface area contributed by atoms with Crippen molar-refractivity contribution >= 4 is 11.8 Å². The van der Waals surface area contributed by atoms with E-state index in [1.165, 1.54) is 12.0 Å². The average Bonchev–Trinajstić information content (AvgIpc) is 3.29. The van der Waals surface area contributed by atoms with E-state index in [4.69, 9.17) is 0 Å². The maximum Gasteiger partial charge on any atom is 0.321 e. The molecule has 38 heavy (non-hydrogen) atoms. The van der Waals surface area contributed by atoms with E-state index in [9.17, 15) is 14.7 Å². The minimum Gasteiger partial charge on any atom is -0.480 e. The highest BCUT2D eigenvalue weighted by Crippen LogP contribution is 2.41. The number of likely N-dealkylation sites (tertiary alicyclic amines) is 2. The van der Waals surface area contributed by atoms with Crippen LogP contribution in [0.4, 0.5) is 0 Å². The Morgan fingerprint density at radius 3 is 2.16 bits per heavy atom. The maximum absolute atomic E-state index is 12.6. The van der Waals surface area contributed by atoms with Crippen LogP contribution < -0.4 is 0 Å². The number of carboxylic acid groups (broad SMARTS) is 1. The molecule has 2 aromatic carbocycles. The van der Waals surface area contributed by atoms with E-state index in [0.29, 0.717) is 24.3 Å². The largest absolute Gasteiger partial charge is 0.480 e. The number of nitrogens with zero attached hydrogens (tertiary/aromatic N) is 2. The van der Waals surface area contributed by atoms with Crippen LogP contribution in [0.15, 0.2) is 60.7 Å². The first-order valence-corrected chi connectivity index (χ1v) is 14.9. The fourth-order valence-electron chi connectivity index (χ4n) is 7.67. The molecule has 0 aromatic heterocycles. The highest BCUT2D eigenvalue weighted by atomic mass is 16.4. The first-order chi connectivity index (χ1) is 18.5. The summed E-state index contributed by atoms with van der Waals surface area (Å²) >= 11 is 0. The van der Waals surface area contributed by atoms with E-state index in [1.54, 1.807) is 0 Å². The molecule has 1 aliphatic carbocycles. The molecule has 0 bridgehead atoms. The number of carboxylic acids is 1. The van der Waals surface area contributed by atoms with Gasteiger partial charge < -0.3 is 5.11 Å². The van der Waals surface area contributed by atoms with Crippen molar-refractivity contribution in [2.75, 3.05) is 19.6 Å². The molecule has 0 amide bonds. The summed E-state index contributed by atoms with van der Waals surface area (Å²) in [6, 6.07) is 20.5. The van der Waals surface area contributed by atoms with Gasteiger partial charge in [0, 0.05) is 36.5 Å². The van der Waals surface area contributed by atoms with Crippen LogP contribution in [0.25, 0.3) is 0 Å². The number of carbonyl (C=O) groups excluding carboxylic acids is 1. The van der Waals surface area contributed by atoms with Crippen molar-refractivity contribution < 1.29 is 14.7 Å². The lowest BCUT2D eigenvalue weighted by Crippen LogP contribution is -2.53. The van der Waals surface area contributed by atoms with Crippen LogP contribution >= 0.6 is 0 Å². The highest BCUT2D eigenvalue weighted by molar-refractivity contribution is 5.95. The molecule has 5 nitrogen and oxygen atoms in total. The fourth-order valence-corrected chi connectivity index (χ4v) is 7.67. The molecule has 2 aromatic rings. The Morgan fingerprint density at radius 1 is 0.895 bits per heavy atom. The number of ketones is 1.